The minimum Gasteiger partial charge on any atom is -0.494 e. The van der Waals surface area contributed by atoms with Crippen LogP contribution >= 0.6 is 0 Å². The van der Waals surface area contributed by atoms with Crippen LogP contribution in [-0.2, 0) is 0 Å². The molecule has 0 N–H and O–H groups in total. The van der Waals surface area contributed by atoms with Crippen LogP contribution in [0.4, 0.5) is 0 Å². The van der Waals surface area contributed by atoms with Crippen LogP contribution in [0.15, 0.2) is 18.3 Å². The standard InChI is InChI=1S/C12H12N4O/c1-7-4-5-9-11(12(7)17-3)13-6-10-15-14-8(2)16(9)10/h4-6H,1-3H3. The minimum absolute atomic E-state index is 0.751. The van der Waals surface area contributed by atoms with Crippen molar-refractivity contribution in [3.63, 3.8) is 0 Å². The molecular formula is C12H12N4O. The van der Waals surface area contributed by atoms with E-state index in [1.54, 1.807) is 13.3 Å². The van der Waals surface area contributed by atoms with Crippen molar-refractivity contribution in [3.05, 3.63) is 29.7 Å². The van der Waals surface area contributed by atoms with Crippen LogP contribution in [0, 0.1) is 13.8 Å². The maximum Gasteiger partial charge on any atom is 0.179 e. The number of fused-ring (bicyclic) bond motifs is 3. The van der Waals surface area contributed by atoms with Gasteiger partial charge in [0.2, 0.25) is 0 Å². The van der Waals surface area contributed by atoms with Gasteiger partial charge in [-0.05, 0) is 25.5 Å². The number of aryl methyl sites for hydroxylation is 2. The molecule has 0 spiro atoms. The second kappa shape index (κ2) is 3.41. The van der Waals surface area contributed by atoms with Crippen LogP contribution in [0.3, 0.4) is 0 Å². The van der Waals surface area contributed by atoms with Crippen LogP contribution in [0.2, 0.25) is 0 Å². The molecule has 0 radical (unpaired) electrons. The number of aromatic nitrogens is 4. The molecule has 0 aliphatic rings. The first kappa shape index (κ1) is 10.0. The molecule has 0 aliphatic heterocycles. The highest BCUT2D eigenvalue weighted by molar-refractivity contribution is 5.84. The molecule has 0 bridgehead atoms. The van der Waals surface area contributed by atoms with E-state index in [4.69, 9.17) is 4.74 Å². The molecule has 0 saturated carbocycles. The maximum absolute atomic E-state index is 5.41. The van der Waals surface area contributed by atoms with Crippen molar-refractivity contribution in [2.75, 3.05) is 7.11 Å². The smallest absolute Gasteiger partial charge is 0.179 e. The summed E-state index contributed by atoms with van der Waals surface area (Å²) >= 11 is 0. The van der Waals surface area contributed by atoms with Gasteiger partial charge in [-0.3, -0.25) is 4.40 Å². The Bertz CT molecular complexity index is 717. The lowest BCUT2D eigenvalue weighted by Crippen LogP contribution is -1.97. The SMILES string of the molecule is COc1c(C)ccc2c1ncc1nnc(C)n12. The highest BCUT2D eigenvalue weighted by atomic mass is 16.5. The number of methoxy groups -OCH3 is 1. The third-order valence-electron chi connectivity index (χ3n) is 2.91. The van der Waals surface area contributed by atoms with Crippen molar-refractivity contribution in [2.24, 2.45) is 0 Å². The maximum atomic E-state index is 5.41. The molecule has 0 atom stereocenters. The lowest BCUT2D eigenvalue weighted by molar-refractivity contribution is 0.415. The van der Waals surface area contributed by atoms with Gasteiger partial charge in [-0.25, -0.2) is 4.98 Å². The summed E-state index contributed by atoms with van der Waals surface area (Å²) in [5, 5.41) is 8.11. The summed E-state index contributed by atoms with van der Waals surface area (Å²) in [5.41, 5.74) is 3.62. The quantitative estimate of drug-likeness (QED) is 0.638. The van der Waals surface area contributed by atoms with Crippen LogP contribution in [0.25, 0.3) is 16.7 Å². The molecule has 0 fully saturated rings. The van der Waals surface area contributed by atoms with E-state index in [1.165, 1.54) is 0 Å². The average Bonchev–Trinajstić information content (AvgIpc) is 2.71. The van der Waals surface area contributed by atoms with E-state index in [-0.39, 0.29) is 0 Å². The van der Waals surface area contributed by atoms with Gasteiger partial charge in [0, 0.05) is 0 Å². The fraction of sp³-hybridized carbons (Fsp3) is 0.250. The summed E-state index contributed by atoms with van der Waals surface area (Å²) in [6, 6.07) is 4.03. The van der Waals surface area contributed by atoms with Crippen LogP contribution in [-0.4, -0.2) is 26.7 Å². The Morgan fingerprint density at radius 2 is 2.00 bits per heavy atom. The van der Waals surface area contributed by atoms with Gasteiger partial charge in [0.25, 0.3) is 0 Å². The van der Waals surface area contributed by atoms with E-state index in [0.29, 0.717) is 0 Å². The van der Waals surface area contributed by atoms with Gasteiger partial charge >= 0.3 is 0 Å². The van der Waals surface area contributed by atoms with Crippen LogP contribution in [0.5, 0.6) is 5.75 Å². The summed E-state index contributed by atoms with van der Waals surface area (Å²) in [5.74, 6) is 1.65. The summed E-state index contributed by atoms with van der Waals surface area (Å²) in [4.78, 5) is 4.41. The largest absolute Gasteiger partial charge is 0.494 e. The number of benzene rings is 1. The molecule has 1 aromatic carbocycles. The number of hydrogen-bond acceptors (Lipinski definition) is 4. The number of ether oxygens (including phenoxy) is 1. The molecule has 3 rings (SSSR count). The van der Waals surface area contributed by atoms with Crippen molar-refractivity contribution >= 4 is 16.7 Å². The molecule has 0 unspecified atom stereocenters. The van der Waals surface area contributed by atoms with Crippen molar-refractivity contribution in [3.8, 4) is 5.75 Å². The van der Waals surface area contributed by atoms with E-state index in [1.807, 2.05) is 30.4 Å². The van der Waals surface area contributed by atoms with E-state index in [9.17, 15) is 0 Å². The van der Waals surface area contributed by atoms with Crippen LogP contribution in [0.1, 0.15) is 11.4 Å². The molecule has 0 aliphatic carbocycles. The lowest BCUT2D eigenvalue weighted by Gasteiger charge is -2.09. The zero-order chi connectivity index (χ0) is 12.0. The lowest BCUT2D eigenvalue weighted by atomic mass is 10.2. The van der Waals surface area contributed by atoms with Crippen molar-refractivity contribution in [1.29, 1.82) is 0 Å². The summed E-state index contributed by atoms with van der Waals surface area (Å²) < 4.78 is 7.38. The molecule has 5 heteroatoms. The number of rotatable bonds is 1. The first-order valence-corrected chi connectivity index (χ1v) is 5.36. The third-order valence-corrected chi connectivity index (χ3v) is 2.91. The zero-order valence-corrected chi connectivity index (χ0v) is 9.93. The monoisotopic (exact) mass is 228 g/mol. The van der Waals surface area contributed by atoms with Crippen molar-refractivity contribution in [2.45, 2.75) is 13.8 Å². The minimum atomic E-state index is 0.751. The fourth-order valence-corrected chi connectivity index (χ4v) is 2.11. The van der Waals surface area contributed by atoms with Crippen molar-refractivity contribution < 1.29 is 4.74 Å². The highest BCUT2D eigenvalue weighted by Gasteiger charge is 2.11. The summed E-state index contributed by atoms with van der Waals surface area (Å²) in [7, 11) is 1.66. The average molecular weight is 228 g/mol. The Hall–Kier alpha value is -2.17. The Labute approximate surface area is 98.1 Å². The number of nitrogens with zero attached hydrogens (tertiary/aromatic N) is 4. The topological polar surface area (TPSA) is 52.3 Å². The van der Waals surface area contributed by atoms with E-state index < -0.39 is 0 Å². The molecule has 2 heterocycles. The highest BCUT2D eigenvalue weighted by Crippen LogP contribution is 2.27. The van der Waals surface area contributed by atoms with Crippen LogP contribution < -0.4 is 4.74 Å². The Morgan fingerprint density at radius 1 is 1.18 bits per heavy atom. The molecule has 17 heavy (non-hydrogen) atoms. The predicted octanol–water partition coefficient (Wildman–Crippen LogP) is 1.90. The first-order valence-electron chi connectivity index (χ1n) is 5.36. The van der Waals surface area contributed by atoms with Gasteiger partial charge in [-0.15, -0.1) is 10.2 Å². The van der Waals surface area contributed by atoms with Gasteiger partial charge < -0.3 is 4.74 Å². The second-order valence-corrected chi connectivity index (χ2v) is 3.98. The first-order chi connectivity index (χ1) is 8.22. The second-order valence-electron chi connectivity index (χ2n) is 3.98. The molecule has 5 nitrogen and oxygen atoms in total. The van der Waals surface area contributed by atoms with Gasteiger partial charge in [0.15, 0.2) is 5.65 Å². The predicted molar refractivity (Wildman–Crippen MR) is 64.3 cm³/mol. The molecule has 86 valence electrons. The van der Waals surface area contributed by atoms with E-state index >= 15 is 0 Å². The van der Waals surface area contributed by atoms with Gasteiger partial charge in [0.1, 0.15) is 17.1 Å². The Balaban J connectivity index is 2.56. The molecule has 3 aromatic rings. The Morgan fingerprint density at radius 3 is 2.76 bits per heavy atom. The van der Waals surface area contributed by atoms with E-state index in [2.05, 4.69) is 15.2 Å². The number of hydrogen-bond donors (Lipinski definition) is 0. The third kappa shape index (κ3) is 1.28. The zero-order valence-electron chi connectivity index (χ0n) is 9.93. The van der Waals surface area contributed by atoms with Crippen molar-refractivity contribution in [1.82, 2.24) is 19.6 Å². The van der Waals surface area contributed by atoms with E-state index in [0.717, 1.165) is 33.8 Å². The summed E-state index contributed by atoms with van der Waals surface area (Å²) in [6.45, 7) is 3.93. The molecular weight excluding hydrogens is 216 g/mol. The molecule has 0 saturated heterocycles. The molecule has 0 amide bonds. The summed E-state index contributed by atoms with van der Waals surface area (Å²) in [6.07, 6.45) is 1.71. The van der Waals surface area contributed by atoms with Gasteiger partial charge in [0.05, 0.1) is 18.8 Å². The van der Waals surface area contributed by atoms with Gasteiger partial charge in [-0.2, -0.15) is 0 Å². The van der Waals surface area contributed by atoms with Gasteiger partial charge in [-0.1, -0.05) is 6.07 Å². The normalized spacial score (nSPS) is 11.2. The molecule has 2 aromatic heterocycles. The Kier molecular flexibility index (Phi) is 2.01. The fourth-order valence-electron chi connectivity index (χ4n) is 2.11.